The SMILES string of the molecule is Cc1cc(C)n2c1C=C1C=CC(CCCCCCCCCCCCCCCC(=O)O)=[N+]1[B-]2(F)F. The maximum absolute atomic E-state index is 15.4. The van der Waals surface area contributed by atoms with Crippen molar-refractivity contribution in [2.75, 3.05) is 0 Å². The van der Waals surface area contributed by atoms with Gasteiger partial charge in [0.25, 0.3) is 0 Å². The first-order chi connectivity index (χ1) is 16.3. The minimum Gasteiger partial charge on any atom is -0.481 e. The van der Waals surface area contributed by atoms with Crippen molar-refractivity contribution in [2.24, 2.45) is 0 Å². The lowest BCUT2D eigenvalue weighted by Gasteiger charge is -2.30. The average Bonchev–Trinajstić information content (AvgIpc) is 3.32. The molecular weight excluding hydrogens is 433 g/mol. The van der Waals surface area contributed by atoms with Crippen LogP contribution in [0, 0.1) is 13.8 Å². The molecule has 7 heteroatoms. The fourth-order valence-electron chi connectivity index (χ4n) is 5.42. The molecular formula is C27H41BF2N2O2. The standard InChI is InChI=1S/C27H41BF2N2O2/c1-22-20-23(2)31-26(22)21-25-19-18-24(32(25)28(31,29)30)16-14-12-10-8-6-4-3-5-7-9-11-13-15-17-27(33)34/h18-21H,3-17H2,1-2H3,(H,33,34). The molecule has 0 atom stereocenters. The Kier molecular flexibility index (Phi) is 9.72. The molecule has 0 amide bonds. The van der Waals surface area contributed by atoms with E-state index in [1.54, 1.807) is 6.92 Å². The molecule has 0 saturated carbocycles. The van der Waals surface area contributed by atoms with E-state index in [0.29, 0.717) is 29.9 Å². The fourth-order valence-corrected chi connectivity index (χ4v) is 5.42. The summed E-state index contributed by atoms with van der Waals surface area (Å²) in [4.78, 5) is 10.5. The highest BCUT2D eigenvalue weighted by Crippen LogP contribution is 2.34. The van der Waals surface area contributed by atoms with Gasteiger partial charge in [0.05, 0.1) is 0 Å². The van der Waals surface area contributed by atoms with Crippen molar-refractivity contribution in [3.63, 3.8) is 0 Å². The molecule has 1 N–H and O–H groups in total. The largest absolute Gasteiger partial charge is 0.737 e. The average molecular weight is 474 g/mol. The van der Waals surface area contributed by atoms with Gasteiger partial charge in [-0.25, -0.2) is 0 Å². The van der Waals surface area contributed by atoms with Gasteiger partial charge >= 0.3 is 12.9 Å². The van der Waals surface area contributed by atoms with Crippen LogP contribution in [-0.2, 0) is 4.79 Å². The molecule has 188 valence electrons. The number of fused-ring (bicyclic) bond motifs is 2. The Balaban J connectivity index is 1.27. The molecule has 0 spiro atoms. The van der Waals surface area contributed by atoms with Gasteiger partial charge in [0.15, 0.2) is 5.70 Å². The van der Waals surface area contributed by atoms with Gasteiger partial charge in [-0.3, -0.25) is 4.79 Å². The number of carboxylic acids is 1. The second-order valence-electron chi connectivity index (χ2n) is 10.1. The van der Waals surface area contributed by atoms with Crippen molar-refractivity contribution in [3.05, 3.63) is 40.9 Å². The molecule has 4 nitrogen and oxygen atoms in total. The first-order valence-corrected chi connectivity index (χ1v) is 13.3. The highest BCUT2D eigenvalue weighted by atomic mass is 19.2. The van der Waals surface area contributed by atoms with Gasteiger partial charge in [0.2, 0.25) is 0 Å². The number of allylic oxidation sites excluding steroid dienone is 2. The Morgan fingerprint density at radius 2 is 1.41 bits per heavy atom. The molecule has 2 aliphatic heterocycles. The number of hydrogen-bond acceptors (Lipinski definition) is 1. The number of carbonyl (C=O) groups is 1. The summed E-state index contributed by atoms with van der Waals surface area (Å²) in [6, 6.07) is 1.85. The lowest BCUT2D eigenvalue weighted by molar-refractivity contribution is -0.362. The van der Waals surface area contributed by atoms with Crippen molar-refractivity contribution < 1.29 is 23.0 Å². The van der Waals surface area contributed by atoms with Crippen LogP contribution in [0.5, 0.6) is 0 Å². The lowest BCUT2D eigenvalue weighted by Crippen LogP contribution is -2.50. The monoisotopic (exact) mass is 474 g/mol. The first-order valence-electron chi connectivity index (χ1n) is 13.3. The number of aliphatic carboxylic acids is 1. The Morgan fingerprint density at radius 1 is 0.882 bits per heavy atom. The minimum atomic E-state index is -3.83. The molecule has 0 radical (unpaired) electrons. The number of nitrogens with zero attached hydrogens (tertiary/aromatic N) is 2. The van der Waals surface area contributed by atoms with Crippen molar-refractivity contribution in [1.82, 2.24) is 4.48 Å². The molecule has 1 aromatic heterocycles. The maximum Gasteiger partial charge on any atom is 0.737 e. The molecule has 0 saturated heterocycles. The van der Waals surface area contributed by atoms with Crippen molar-refractivity contribution in [1.29, 1.82) is 0 Å². The molecule has 34 heavy (non-hydrogen) atoms. The number of rotatable bonds is 16. The van der Waals surface area contributed by atoms with Crippen LogP contribution < -0.4 is 0 Å². The number of hydrogen-bond donors (Lipinski definition) is 1. The Bertz CT molecular complexity index is 947. The summed E-state index contributed by atoms with van der Waals surface area (Å²) >= 11 is 0. The third-order valence-electron chi connectivity index (χ3n) is 7.23. The normalized spacial score (nSPS) is 16.1. The summed E-state index contributed by atoms with van der Waals surface area (Å²) in [6.45, 7) is -0.174. The number of unbranched alkanes of at least 4 members (excludes halogenated alkanes) is 12. The molecule has 0 fully saturated rings. The van der Waals surface area contributed by atoms with E-state index in [9.17, 15) is 4.79 Å². The number of aryl methyl sites for hydroxylation is 2. The van der Waals surface area contributed by atoms with Crippen LogP contribution in [0.4, 0.5) is 8.63 Å². The first kappa shape index (κ1) is 26.4. The third kappa shape index (κ3) is 6.70. The van der Waals surface area contributed by atoms with E-state index in [-0.39, 0.29) is 0 Å². The van der Waals surface area contributed by atoms with E-state index < -0.39 is 12.9 Å². The molecule has 2 aliphatic rings. The predicted octanol–water partition coefficient (Wildman–Crippen LogP) is 7.64. The van der Waals surface area contributed by atoms with E-state index in [1.165, 1.54) is 60.3 Å². The van der Waals surface area contributed by atoms with Crippen LogP contribution in [-0.4, -0.2) is 32.7 Å². The maximum atomic E-state index is 15.4. The molecule has 0 aromatic carbocycles. The van der Waals surface area contributed by atoms with Gasteiger partial charge < -0.3 is 22.7 Å². The van der Waals surface area contributed by atoms with Crippen LogP contribution in [0.3, 0.4) is 0 Å². The fraction of sp³-hybridized carbons (Fsp3) is 0.630. The molecule has 0 bridgehead atoms. The van der Waals surface area contributed by atoms with Gasteiger partial charge in [-0.2, -0.15) is 0 Å². The van der Waals surface area contributed by atoms with Gasteiger partial charge in [0.1, 0.15) is 5.71 Å². The summed E-state index contributed by atoms with van der Waals surface area (Å²) < 4.78 is 33.3. The summed E-state index contributed by atoms with van der Waals surface area (Å²) in [5.74, 6) is -0.689. The van der Waals surface area contributed by atoms with Crippen LogP contribution in [0.15, 0.2) is 23.9 Å². The van der Waals surface area contributed by atoms with E-state index in [4.69, 9.17) is 5.11 Å². The Hall–Kier alpha value is -2.18. The summed E-state index contributed by atoms with van der Waals surface area (Å²) in [5, 5.41) is 8.62. The summed E-state index contributed by atoms with van der Waals surface area (Å²) in [7, 11) is 0. The van der Waals surface area contributed by atoms with Crippen molar-refractivity contribution in [3.8, 4) is 0 Å². The molecule has 3 heterocycles. The number of aromatic nitrogens is 1. The second-order valence-corrected chi connectivity index (χ2v) is 10.1. The summed E-state index contributed by atoms with van der Waals surface area (Å²) in [6.07, 6.45) is 21.6. The number of halogens is 2. The zero-order valence-electron chi connectivity index (χ0n) is 21.0. The predicted molar refractivity (Wildman–Crippen MR) is 137 cm³/mol. The van der Waals surface area contributed by atoms with Crippen molar-refractivity contribution >= 4 is 24.7 Å². The quantitative estimate of drug-likeness (QED) is 0.198. The van der Waals surface area contributed by atoms with Gasteiger partial charge in [-0.05, 0) is 44.0 Å². The topological polar surface area (TPSA) is 45.2 Å². The molecule has 0 aliphatic carbocycles. The smallest absolute Gasteiger partial charge is 0.481 e. The van der Waals surface area contributed by atoms with Crippen LogP contribution >= 0.6 is 0 Å². The van der Waals surface area contributed by atoms with Crippen LogP contribution in [0.2, 0.25) is 0 Å². The van der Waals surface area contributed by atoms with Crippen LogP contribution in [0.1, 0.15) is 113 Å². The Morgan fingerprint density at radius 3 is 1.97 bits per heavy atom. The van der Waals surface area contributed by atoms with E-state index in [1.807, 2.05) is 31.2 Å². The molecule has 1 aromatic rings. The molecule has 0 unspecified atom stereocenters. The third-order valence-corrected chi connectivity index (χ3v) is 7.23. The summed E-state index contributed by atoms with van der Waals surface area (Å²) in [5.41, 5.74) is 3.52. The van der Waals surface area contributed by atoms with E-state index in [0.717, 1.165) is 43.4 Å². The zero-order chi connectivity index (χ0) is 24.6. The second kappa shape index (κ2) is 12.5. The van der Waals surface area contributed by atoms with Gasteiger partial charge in [-0.15, -0.1) is 0 Å². The van der Waals surface area contributed by atoms with Crippen LogP contribution in [0.25, 0.3) is 6.08 Å². The zero-order valence-corrected chi connectivity index (χ0v) is 21.0. The van der Waals surface area contributed by atoms with Gasteiger partial charge in [-0.1, -0.05) is 70.6 Å². The van der Waals surface area contributed by atoms with Gasteiger partial charge in [0, 0.05) is 36.8 Å². The highest BCUT2D eigenvalue weighted by Gasteiger charge is 2.52. The lowest BCUT2D eigenvalue weighted by atomic mass is 9.90. The number of carboxylic acid groups (broad SMARTS) is 1. The Labute approximate surface area is 203 Å². The highest BCUT2D eigenvalue weighted by molar-refractivity contribution is 6.58. The minimum absolute atomic E-state index is 0.299. The van der Waals surface area contributed by atoms with E-state index in [2.05, 4.69) is 0 Å². The van der Waals surface area contributed by atoms with Crippen molar-refractivity contribution in [2.45, 2.75) is 110 Å². The molecule has 3 rings (SSSR count). The van der Waals surface area contributed by atoms with E-state index >= 15 is 8.63 Å².